The second-order valence-electron chi connectivity index (χ2n) is 7.96. The Morgan fingerprint density at radius 1 is 0.909 bits per heavy atom. The number of rotatable bonds is 9. The lowest BCUT2D eigenvalue weighted by molar-refractivity contribution is -0.120. The molecule has 0 aromatic heterocycles. The number of nitrogens with one attached hydrogen (secondary N) is 1. The summed E-state index contributed by atoms with van der Waals surface area (Å²) >= 11 is 0. The highest BCUT2D eigenvalue weighted by atomic mass is 32.2. The molecule has 174 valence electrons. The van der Waals surface area contributed by atoms with Crippen molar-refractivity contribution in [2.24, 2.45) is 0 Å². The predicted octanol–water partition coefficient (Wildman–Crippen LogP) is 4.77. The molecule has 0 unspecified atom stereocenters. The van der Waals surface area contributed by atoms with Gasteiger partial charge in [0.15, 0.2) is 0 Å². The van der Waals surface area contributed by atoms with E-state index in [0.29, 0.717) is 17.9 Å². The van der Waals surface area contributed by atoms with Gasteiger partial charge in [-0.15, -0.1) is 0 Å². The largest absolute Gasteiger partial charge is 0.497 e. The number of methoxy groups -OCH3 is 1. The molecule has 0 radical (unpaired) electrons. The van der Waals surface area contributed by atoms with Crippen molar-refractivity contribution >= 4 is 21.6 Å². The van der Waals surface area contributed by atoms with E-state index in [9.17, 15) is 13.2 Å². The molecule has 0 fully saturated rings. The van der Waals surface area contributed by atoms with Crippen LogP contribution in [-0.2, 0) is 14.8 Å². The van der Waals surface area contributed by atoms with Crippen LogP contribution >= 0.6 is 0 Å². The highest BCUT2D eigenvalue weighted by Crippen LogP contribution is 2.26. The number of nitrogens with zero attached hydrogens (tertiary/aromatic N) is 1. The molecule has 0 aliphatic heterocycles. The molecule has 0 spiro atoms. The zero-order chi connectivity index (χ0) is 24.0. The van der Waals surface area contributed by atoms with Gasteiger partial charge in [0.25, 0.3) is 10.0 Å². The highest BCUT2D eigenvalue weighted by Gasteiger charge is 2.28. The van der Waals surface area contributed by atoms with Crippen molar-refractivity contribution in [2.75, 3.05) is 18.0 Å². The Labute approximate surface area is 196 Å². The molecule has 1 amide bonds. The number of aryl methyl sites for hydroxylation is 2. The van der Waals surface area contributed by atoms with Gasteiger partial charge in [0.1, 0.15) is 12.3 Å². The van der Waals surface area contributed by atoms with E-state index in [1.807, 2.05) is 57.2 Å². The zero-order valence-corrected chi connectivity index (χ0v) is 20.2. The molecule has 0 aliphatic carbocycles. The van der Waals surface area contributed by atoms with Gasteiger partial charge >= 0.3 is 0 Å². The quantitative estimate of drug-likeness (QED) is 0.493. The van der Waals surface area contributed by atoms with Crippen molar-refractivity contribution < 1.29 is 17.9 Å². The molecule has 33 heavy (non-hydrogen) atoms. The minimum Gasteiger partial charge on any atom is -0.497 e. The fourth-order valence-corrected chi connectivity index (χ4v) is 4.91. The average molecular weight is 467 g/mol. The number of anilines is 1. The Morgan fingerprint density at radius 3 is 1.97 bits per heavy atom. The van der Waals surface area contributed by atoms with Crippen LogP contribution in [0.2, 0.25) is 0 Å². The topological polar surface area (TPSA) is 75.7 Å². The fourth-order valence-electron chi connectivity index (χ4n) is 3.49. The lowest BCUT2D eigenvalue weighted by atomic mass is 10.0. The van der Waals surface area contributed by atoms with Crippen molar-refractivity contribution in [3.8, 4) is 5.75 Å². The normalized spacial score (nSPS) is 12.1. The number of ether oxygens (including phenoxy) is 1. The summed E-state index contributed by atoms with van der Waals surface area (Å²) < 4.78 is 33.3. The van der Waals surface area contributed by atoms with Crippen LogP contribution in [0.5, 0.6) is 5.75 Å². The van der Waals surface area contributed by atoms with Crippen molar-refractivity contribution in [1.29, 1.82) is 0 Å². The highest BCUT2D eigenvalue weighted by molar-refractivity contribution is 7.92. The number of carbonyl (C=O) groups excluding carboxylic acids is 1. The molecule has 3 aromatic carbocycles. The molecule has 1 atom stereocenters. The predicted molar refractivity (Wildman–Crippen MR) is 131 cm³/mol. The van der Waals surface area contributed by atoms with Crippen LogP contribution in [0.15, 0.2) is 77.7 Å². The third-order valence-electron chi connectivity index (χ3n) is 5.48. The second kappa shape index (κ2) is 10.5. The third kappa shape index (κ3) is 5.93. The maximum atomic E-state index is 13.5. The van der Waals surface area contributed by atoms with Gasteiger partial charge in [0.2, 0.25) is 5.91 Å². The van der Waals surface area contributed by atoms with Crippen LogP contribution in [0, 0.1) is 13.8 Å². The molecular weight excluding hydrogens is 436 g/mol. The summed E-state index contributed by atoms with van der Waals surface area (Å²) in [5, 5.41) is 2.99. The summed E-state index contributed by atoms with van der Waals surface area (Å²) in [5.74, 6) is 0.178. The van der Waals surface area contributed by atoms with E-state index in [-0.39, 0.29) is 23.4 Å². The third-order valence-corrected chi connectivity index (χ3v) is 7.27. The van der Waals surface area contributed by atoms with Crippen LogP contribution in [0.3, 0.4) is 0 Å². The molecule has 0 saturated heterocycles. The Kier molecular flexibility index (Phi) is 7.76. The number of hydrogen-bond acceptors (Lipinski definition) is 4. The van der Waals surface area contributed by atoms with Gasteiger partial charge in [-0.05, 0) is 62.2 Å². The van der Waals surface area contributed by atoms with Gasteiger partial charge in [-0.1, -0.05) is 54.4 Å². The van der Waals surface area contributed by atoms with Gasteiger partial charge in [0, 0.05) is 0 Å². The maximum Gasteiger partial charge on any atom is 0.264 e. The van der Waals surface area contributed by atoms with E-state index in [1.165, 1.54) is 19.2 Å². The van der Waals surface area contributed by atoms with Crippen molar-refractivity contribution in [3.63, 3.8) is 0 Å². The van der Waals surface area contributed by atoms with Gasteiger partial charge in [-0.3, -0.25) is 9.10 Å². The first kappa shape index (κ1) is 24.3. The molecule has 6 nitrogen and oxygen atoms in total. The molecule has 0 saturated carbocycles. The van der Waals surface area contributed by atoms with E-state index in [4.69, 9.17) is 4.74 Å². The molecule has 7 heteroatoms. The first-order valence-corrected chi connectivity index (χ1v) is 12.3. The number of amides is 1. The summed E-state index contributed by atoms with van der Waals surface area (Å²) in [7, 11) is -2.46. The van der Waals surface area contributed by atoms with Gasteiger partial charge < -0.3 is 10.1 Å². The Hall–Kier alpha value is -3.32. The van der Waals surface area contributed by atoms with Crippen molar-refractivity contribution in [3.05, 3.63) is 89.5 Å². The minimum absolute atomic E-state index is 0.0854. The van der Waals surface area contributed by atoms with Crippen LogP contribution in [0.4, 0.5) is 5.69 Å². The lowest BCUT2D eigenvalue weighted by Gasteiger charge is -2.26. The standard InChI is InChI=1S/C26H30N2O4S/c1-5-25(21-10-6-19(2)7-11-21)27-26(29)18-28(22-12-8-20(3)9-13-22)33(30,31)24-16-14-23(32-4)15-17-24/h6-17,25H,5,18H2,1-4H3,(H,27,29)/t25-/m0/s1. The summed E-state index contributed by atoms with van der Waals surface area (Å²) in [6.07, 6.45) is 0.685. The first-order chi connectivity index (χ1) is 15.7. The van der Waals surface area contributed by atoms with Crippen LogP contribution in [0.25, 0.3) is 0 Å². The molecule has 0 aliphatic rings. The Morgan fingerprint density at radius 2 is 1.45 bits per heavy atom. The second-order valence-corrected chi connectivity index (χ2v) is 9.82. The number of carbonyl (C=O) groups is 1. The zero-order valence-electron chi connectivity index (χ0n) is 19.4. The first-order valence-electron chi connectivity index (χ1n) is 10.8. The monoisotopic (exact) mass is 466 g/mol. The minimum atomic E-state index is -3.98. The van der Waals surface area contributed by atoms with Crippen LogP contribution in [-0.4, -0.2) is 28.0 Å². The van der Waals surface area contributed by atoms with Gasteiger partial charge in [0.05, 0.1) is 23.7 Å². The molecule has 1 N–H and O–H groups in total. The summed E-state index contributed by atoms with van der Waals surface area (Å²) in [6.45, 7) is 5.58. The lowest BCUT2D eigenvalue weighted by Crippen LogP contribution is -2.42. The molecule has 3 rings (SSSR count). The van der Waals surface area contributed by atoms with E-state index in [1.54, 1.807) is 24.3 Å². The van der Waals surface area contributed by atoms with Gasteiger partial charge in [-0.25, -0.2) is 8.42 Å². The number of hydrogen-bond donors (Lipinski definition) is 1. The Balaban J connectivity index is 1.89. The van der Waals surface area contributed by atoms with E-state index >= 15 is 0 Å². The average Bonchev–Trinajstić information content (AvgIpc) is 2.82. The van der Waals surface area contributed by atoms with E-state index < -0.39 is 10.0 Å². The maximum absolute atomic E-state index is 13.5. The molecule has 0 heterocycles. The Bertz CT molecular complexity index is 1170. The number of benzene rings is 3. The van der Waals surface area contributed by atoms with Crippen LogP contribution < -0.4 is 14.4 Å². The fraction of sp³-hybridized carbons (Fsp3) is 0.269. The number of sulfonamides is 1. The van der Waals surface area contributed by atoms with Crippen LogP contribution in [0.1, 0.15) is 36.1 Å². The van der Waals surface area contributed by atoms with Crippen molar-refractivity contribution in [1.82, 2.24) is 5.32 Å². The summed E-state index contributed by atoms with van der Waals surface area (Å²) in [4.78, 5) is 13.1. The summed E-state index contributed by atoms with van der Waals surface area (Å²) in [5.41, 5.74) is 3.54. The van der Waals surface area contributed by atoms with Gasteiger partial charge in [-0.2, -0.15) is 0 Å². The molecular formula is C26H30N2O4S. The van der Waals surface area contributed by atoms with E-state index in [0.717, 1.165) is 21.0 Å². The van der Waals surface area contributed by atoms with E-state index in [2.05, 4.69) is 5.32 Å². The smallest absolute Gasteiger partial charge is 0.264 e. The SMILES string of the molecule is CC[C@H](NC(=O)CN(c1ccc(C)cc1)S(=O)(=O)c1ccc(OC)cc1)c1ccc(C)cc1. The molecule has 0 bridgehead atoms. The molecule has 3 aromatic rings. The van der Waals surface area contributed by atoms with Crippen molar-refractivity contribution in [2.45, 2.75) is 38.1 Å². The summed E-state index contributed by atoms with van der Waals surface area (Å²) in [6, 6.07) is 21.0.